The molecule has 3 aliphatic rings. The quantitative estimate of drug-likeness (QED) is 0.0683. The van der Waals surface area contributed by atoms with Crippen molar-refractivity contribution in [2.75, 3.05) is 0 Å². The molecule has 304 valence electrons. The van der Waals surface area contributed by atoms with E-state index in [0.29, 0.717) is 39.3 Å². The van der Waals surface area contributed by atoms with Crippen LogP contribution in [0.1, 0.15) is 22.3 Å². The molecule has 0 unspecified atom stereocenters. The van der Waals surface area contributed by atoms with Crippen molar-refractivity contribution in [1.29, 1.82) is 0 Å². The monoisotopic (exact) mass is 830 g/mol. The van der Waals surface area contributed by atoms with Gasteiger partial charge < -0.3 is 35.0 Å². The zero-order valence-corrected chi connectivity index (χ0v) is 33.8. The third-order valence-corrected chi connectivity index (χ3v) is 13.5. The molecule has 7 nitrogen and oxygen atoms in total. The van der Waals surface area contributed by atoms with E-state index in [-0.39, 0.29) is 5.56 Å². The van der Waals surface area contributed by atoms with Crippen molar-refractivity contribution in [3.8, 4) is 107 Å². The predicted molar refractivity (Wildman–Crippen MR) is 249 cm³/mol. The van der Waals surface area contributed by atoms with E-state index in [1.54, 1.807) is 0 Å². The van der Waals surface area contributed by atoms with Crippen LogP contribution in [-0.4, -0.2) is 25.5 Å². The molecule has 0 aromatic heterocycles. The Labute approximate surface area is 366 Å². The molecule has 1 aliphatic heterocycles. The van der Waals surface area contributed by atoms with Crippen LogP contribution >= 0.6 is 0 Å². The molecule has 0 saturated carbocycles. The first kappa shape index (κ1) is 36.0. The molecular formula is C57H34O7. The van der Waals surface area contributed by atoms with Gasteiger partial charge in [0.25, 0.3) is 0 Å². The summed E-state index contributed by atoms with van der Waals surface area (Å²) in [5.41, 5.74) is 12.7. The topological polar surface area (TPSA) is 120 Å². The van der Waals surface area contributed by atoms with E-state index in [2.05, 4.69) is 91.0 Å². The number of benzene rings is 10. The third-order valence-electron chi connectivity index (χ3n) is 13.5. The highest BCUT2D eigenvalue weighted by molar-refractivity contribution is 6.23. The first-order valence-electron chi connectivity index (χ1n) is 21.0. The Morgan fingerprint density at radius 2 is 0.703 bits per heavy atom. The molecular weight excluding hydrogens is 797 g/mol. The number of ether oxygens (including phenoxy) is 2. The maximum absolute atomic E-state index is 11.3. The van der Waals surface area contributed by atoms with Gasteiger partial charge in [-0.15, -0.1) is 0 Å². The Morgan fingerprint density at radius 3 is 1.28 bits per heavy atom. The zero-order valence-electron chi connectivity index (χ0n) is 33.8. The van der Waals surface area contributed by atoms with Gasteiger partial charge in [0, 0.05) is 5.56 Å². The summed E-state index contributed by atoms with van der Waals surface area (Å²) in [6.07, 6.45) is 0. The number of fused-ring (bicyclic) bond motifs is 14. The van der Waals surface area contributed by atoms with Crippen molar-refractivity contribution in [2.24, 2.45) is 0 Å². The normalized spacial score (nSPS) is 13.4. The lowest BCUT2D eigenvalue weighted by Gasteiger charge is -2.31. The second kappa shape index (κ2) is 12.9. The van der Waals surface area contributed by atoms with Gasteiger partial charge in [-0.05, 0) is 119 Å². The van der Waals surface area contributed by atoms with E-state index in [4.69, 9.17) is 9.47 Å². The summed E-state index contributed by atoms with van der Waals surface area (Å²) in [4.78, 5) is 0. The van der Waals surface area contributed by atoms with Crippen LogP contribution in [0.4, 0.5) is 0 Å². The molecule has 10 aromatic rings. The van der Waals surface area contributed by atoms with Crippen LogP contribution in [0.5, 0.6) is 51.7 Å². The maximum Gasteiger partial charge on any atom is 0.208 e. The van der Waals surface area contributed by atoms with Gasteiger partial charge in [0.2, 0.25) is 17.2 Å². The van der Waals surface area contributed by atoms with E-state index >= 15 is 0 Å². The van der Waals surface area contributed by atoms with E-state index in [1.165, 1.54) is 27.8 Å². The van der Waals surface area contributed by atoms with Gasteiger partial charge in [-0.3, -0.25) is 0 Å². The van der Waals surface area contributed by atoms with Crippen LogP contribution in [0.2, 0.25) is 0 Å². The molecule has 7 heteroatoms. The van der Waals surface area contributed by atoms with Crippen molar-refractivity contribution >= 4 is 21.5 Å². The van der Waals surface area contributed by atoms with E-state index in [9.17, 15) is 25.5 Å². The van der Waals surface area contributed by atoms with Crippen molar-refractivity contribution in [3.05, 3.63) is 198 Å². The second-order valence-corrected chi connectivity index (χ2v) is 16.6. The van der Waals surface area contributed by atoms with E-state index < -0.39 is 34.2 Å². The molecule has 13 rings (SSSR count). The molecule has 0 radical (unpaired) electrons. The van der Waals surface area contributed by atoms with Gasteiger partial charge in [0.05, 0.1) is 11.0 Å². The average molecular weight is 831 g/mol. The third kappa shape index (κ3) is 4.59. The summed E-state index contributed by atoms with van der Waals surface area (Å²) in [7, 11) is 0. The van der Waals surface area contributed by atoms with Crippen LogP contribution in [0.15, 0.2) is 176 Å². The summed E-state index contributed by atoms with van der Waals surface area (Å²) < 4.78 is 13.1. The van der Waals surface area contributed by atoms with Gasteiger partial charge in [-0.1, -0.05) is 146 Å². The maximum atomic E-state index is 11.3. The fraction of sp³-hybridized carbons (Fsp3) is 0.0175. The number of para-hydroxylation sites is 2. The number of phenols is 5. The summed E-state index contributed by atoms with van der Waals surface area (Å²) in [6.45, 7) is 0. The molecule has 2 aliphatic carbocycles. The van der Waals surface area contributed by atoms with Gasteiger partial charge in [-0.25, -0.2) is 0 Å². The number of hydrogen-bond donors (Lipinski definition) is 5. The van der Waals surface area contributed by atoms with Crippen molar-refractivity contribution < 1.29 is 35.0 Å². The number of hydrogen-bond acceptors (Lipinski definition) is 7. The largest absolute Gasteiger partial charge is 0.504 e. The first-order valence-corrected chi connectivity index (χ1v) is 21.0. The molecule has 10 aromatic carbocycles. The highest BCUT2D eigenvalue weighted by atomic mass is 16.6. The summed E-state index contributed by atoms with van der Waals surface area (Å²) in [5.74, 6) is -1.71. The van der Waals surface area contributed by atoms with Crippen LogP contribution in [-0.2, 0) is 5.41 Å². The molecule has 0 atom stereocenters. The fourth-order valence-electron chi connectivity index (χ4n) is 10.9. The highest BCUT2D eigenvalue weighted by Crippen LogP contribution is 2.65. The van der Waals surface area contributed by atoms with Gasteiger partial charge in [0.15, 0.2) is 34.5 Å². The molecule has 0 amide bonds. The molecule has 0 fully saturated rings. The van der Waals surface area contributed by atoms with Gasteiger partial charge in [-0.2, -0.15) is 0 Å². The lowest BCUT2D eigenvalue weighted by atomic mass is 9.70. The van der Waals surface area contributed by atoms with Crippen LogP contribution in [0.3, 0.4) is 0 Å². The lowest BCUT2D eigenvalue weighted by molar-refractivity contribution is 0.330. The SMILES string of the molecule is Oc1c(O)c(O)c(-c2c3ccccc3c(-c3ccccc3-c3ccc4c(c3)-c3cc5c(cc3C43c4ccccc4-c4ccccc43)Oc3ccccc3O5)c3ccccc23)c(O)c1O. The predicted octanol–water partition coefficient (Wildman–Crippen LogP) is 13.8. The molecule has 64 heavy (non-hydrogen) atoms. The van der Waals surface area contributed by atoms with Crippen LogP contribution < -0.4 is 9.47 Å². The standard InChI is InChI=1S/C57H34O7/c58-52-51(53(59)55(61)56(62)54(52)60)50-37-19-5-3-17-35(37)49(36-18-4-6-20-38(36)50)34-16-2-1-13-31(34)30-25-26-43-39(27-30)40-28-47-48(64-46-24-12-11-23-45(46)63-47)29-44(40)57(43)41-21-9-7-14-32(41)33-15-8-10-22-42(33)57/h1-29,58-62H. The first-order chi connectivity index (χ1) is 31.3. The fourth-order valence-corrected chi connectivity index (χ4v) is 10.9. The van der Waals surface area contributed by atoms with E-state index in [0.717, 1.165) is 49.7 Å². The molecule has 0 bridgehead atoms. The van der Waals surface area contributed by atoms with Crippen LogP contribution in [0, 0.1) is 0 Å². The van der Waals surface area contributed by atoms with Gasteiger partial charge >= 0.3 is 0 Å². The summed E-state index contributed by atoms with van der Waals surface area (Å²) in [5, 5.41) is 57.2. The highest BCUT2D eigenvalue weighted by Gasteiger charge is 2.52. The van der Waals surface area contributed by atoms with Crippen molar-refractivity contribution in [1.82, 2.24) is 0 Å². The minimum absolute atomic E-state index is 0.193. The summed E-state index contributed by atoms with van der Waals surface area (Å²) >= 11 is 0. The lowest BCUT2D eigenvalue weighted by Crippen LogP contribution is -2.26. The van der Waals surface area contributed by atoms with Crippen molar-refractivity contribution in [3.63, 3.8) is 0 Å². The minimum Gasteiger partial charge on any atom is -0.504 e. The van der Waals surface area contributed by atoms with E-state index in [1.807, 2.05) is 84.9 Å². The Balaban J connectivity index is 1.07. The number of phenolic OH excluding ortho intramolecular Hbond substituents is 5. The number of aromatic hydroxyl groups is 5. The Kier molecular flexibility index (Phi) is 7.27. The summed E-state index contributed by atoms with van der Waals surface area (Å²) in [6, 6.07) is 59.9. The Morgan fingerprint density at radius 1 is 0.281 bits per heavy atom. The average Bonchev–Trinajstić information content (AvgIpc) is 3.80. The van der Waals surface area contributed by atoms with Crippen LogP contribution in [0.25, 0.3) is 77.2 Å². The molecule has 0 saturated heterocycles. The minimum atomic E-state index is -1.01. The molecule has 5 N–H and O–H groups in total. The Hall–Kier alpha value is -8.68. The smallest absolute Gasteiger partial charge is 0.208 e. The molecule has 1 heterocycles. The number of rotatable bonds is 3. The zero-order chi connectivity index (χ0) is 43.0. The molecule has 1 spiro atoms. The van der Waals surface area contributed by atoms with Crippen molar-refractivity contribution in [2.45, 2.75) is 5.41 Å². The second-order valence-electron chi connectivity index (χ2n) is 16.6. The Bertz CT molecular complexity index is 3570. The van der Waals surface area contributed by atoms with Gasteiger partial charge in [0.1, 0.15) is 0 Å².